The van der Waals surface area contributed by atoms with Crippen molar-refractivity contribution in [1.29, 1.82) is 0 Å². The molecule has 0 saturated heterocycles. The van der Waals surface area contributed by atoms with Crippen molar-refractivity contribution in [2.45, 2.75) is 0 Å². The summed E-state index contributed by atoms with van der Waals surface area (Å²) in [4.78, 5) is 0. The van der Waals surface area contributed by atoms with E-state index < -0.39 is 0 Å². The molecule has 0 spiro atoms. The number of rotatable bonds is 0. The van der Waals surface area contributed by atoms with Crippen LogP contribution in [0.25, 0.3) is 0 Å². The summed E-state index contributed by atoms with van der Waals surface area (Å²) in [6, 6.07) is 0. The Bertz CT molecular complexity index is 21.3. The molecular weight excluding hydrogens is 229 g/mol. The van der Waals surface area contributed by atoms with Gasteiger partial charge in [-0.1, -0.05) is 0 Å². The van der Waals surface area contributed by atoms with Crippen LogP contribution in [0.3, 0.4) is 0 Å². The first-order valence-corrected chi connectivity index (χ1v) is 0. The van der Waals surface area contributed by atoms with Crippen molar-refractivity contribution in [1.82, 2.24) is 0 Å². The van der Waals surface area contributed by atoms with Crippen LogP contribution < -0.4 is 88.7 Å². The topological polar surface area (TPSA) is 315 Å². The van der Waals surface area contributed by atoms with Crippen molar-refractivity contribution >= 4 is 0 Å². The van der Waals surface area contributed by atoms with Crippen molar-refractivity contribution in [3.05, 3.63) is 0 Å². The molecule has 0 aromatic carbocycles. The molecule has 0 aromatic rings. The van der Waals surface area contributed by atoms with Crippen LogP contribution in [0.5, 0.6) is 0 Å². The van der Waals surface area contributed by atoms with Gasteiger partial charge >= 0.3 is 88.7 Å². The molecule has 0 radical (unpaired) electrons. The SMILES string of the molecule is O.O.O.O.O.O.O.O.O.O.[H-].[H-].[H-].[Na+].[Na+].[Na+]. The summed E-state index contributed by atoms with van der Waals surface area (Å²) in [7, 11) is 0. The molecule has 10 nitrogen and oxygen atoms in total. The maximum Gasteiger partial charge on any atom is 1.00 e. The van der Waals surface area contributed by atoms with Crippen LogP contribution >= 0.6 is 0 Å². The van der Waals surface area contributed by atoms with Gasteiger partial charge in [-0.05, 0) is 0 Å². The average molecular weight is 252 g/mol. The molecule has 0 fully saturated rings. The first-order chi connectivity index (χ1) is 0. The average Bonchev–Trinajstić information content (AvgIpc) is 0. The van der Waals surface area contributed by atoms with Crippen molar-refractivity contribution in [3.63, 3.8) is 0 Å². The minimum absolute atomic E-state index is 0. The summed E-state index contributed by atoms with van der Waals surface area (Å²) in [5.41, 5.74) is 0. The third-order valence-corrected chi connectivity index (χ3v) is 0. The van der Waals surface area contributed by atoms with E-state index in [0.717, 1.165) is 0 Å². The molecule has 13 heavy (non-hydrogen) atoms. The van der Waals surface area contributed by atoms with Crippen molar-refractivity contribution < 1.29 is 148 Å². The third kappa shape index (κ3) is 343. The molecule has 0 aliphatic rings. The van der Waals surface area contributed by atoms with E-state index in [-0.39, 0.29) is 148 Å². The first-order valence-electron chi connectivity index (χ1n) is 0. The van der Waals surface area contributed by atoms with Crippen LogP contribution in [-0.2, 0) is 0 Å². The maximum absolute atomic E-state index is 0. The van der Waals surface area contributed by atoms with Crippen molar-refractivity contribution in [2.24, 2.45) is 0 Å². The quantitative estimate of drug-likeness (QED) is 0.362. The fraction of sp³-hybridized carbons (Fsp3) is 0. The van der Waals surface area contributed by atoms with Gasteiger partial charge in [-0.25, -0.2) is 0 Å². The zero-order valence-electron chi connectivity index (χ0n) is 11.0. The molecule has 0 aromatic heterocycles. The second-order valence-electron chi connectivity index (χ2n) is 0. The predicted molar refractivity (Wildman–Crippen MR) is 39.5 cm³/mol. The Morgan fingerprint density at radius 2 is 0.231 bits per heavy atom. The smallest absolute Gasteiger partial charge is 1.00 e. The Kier molecular flexibility index (Phi) is 15100. The van der Waals surface area contributed by atoms with Crippen LogP contribution in [0.2, 0.25) is 0 Å². The fourth-order valence-electron chi connectivity index (χ4n) is 0. The molecule has 86 valence electrons. The molecule has 0 atom stereocenters. The summed E-state index contributed by atoms with van der Waals surface area (Å²) in [6.45, 7) is 0. The standard InChI is InChI=1S/3Na.10H2O.3H/h;;;10*1H2;;;/q3*+1;;;;;;;;;;;3*-1. The van der Waals surface area contributed by atoms with Gasteiger partial charge < -0.3 is 59.0 Å². The molecule has 20 N–H and O–H groups in total. The molecule has 0 aliphatic heterocycles. The molecule has 13 heteroatoms. The zero-order valence-corrected chi connectivity index (χ0v) is 14.0. The van der Waals surface area contributed by atoms with E-state index in [4.69, 9.17) is 0 Å². The third-order valence-electron chi connectivity index (χ3n) is 0. The van der Waals surface area contributed by atoms with E-state index in [1.54, 1.807) is 0 Å². The first kappa shape index (κ1) is 492. The van der Waals surface area contributed by atoms with Crippen molar-refractivity contribution in [3.8, 4) is 0 Å². The minimum atomic E-state index is 0. The Morgan fingerprint density at radius 1 is 0.231 bits per heavy atom. The molecule has 0 rings (SSSR count). The van der Waals surface area contributed by atoms with E-state index in [9.17, 15) is 0 Å². The molecule has 0 amide bonds. The van der Waals surface area contributed by atoms with Gasteiger partial charge in [0.2, 0.25) is 0 Å². The van der Waals surface area contributed by atoms with Gasteiger partial charge in [0.1, 0.15) is 0 Å². The second-order valence-corrected chi connectivity index (χ2v) is 0. The molecule has 0 bridgehead atoms. The Hall–Kier alpha value is 2.60. The zero-order chi connectivity index (χ0) is 0. The van der Waals surface area contributed by atoms with Gasteiger partial charge in [0, 0.05) is 0 Å². The molecular formula is H23Na3O10. The fourth-order valence-corrected chi connectivity index (χ4v) is 0. The Labute approximate surface area is 146 Å². The molecule has 0 aliphatic carbocycles. The summed E-state index contributed by atoms with van der Waals surface area (Å²) >= 11 is 0. The monoisotopic (exact) mass is 252 g/mol. The van der Waals surface area contributed by atoms with E-state index in [0.29, 0.717) is 0 Å². The summed E-state index contributed by atoms with van der Waals surface area (Å²) < 4.78 is 0. The van der Waals surface area contributed by atoms with Crippen molar-refractivity contribution in [2.75, 3.05) is 0 Å². The van der Waals surface area contributed by atoms with E-state index in [2.05, 4.69) is 0 Å². The van der Waals surface area contributed by atoms with Crippen LogP contribution in [0.15, 0.2) is 0 Å². The van der Waals surface area contributed by atoms with Gasteiger partial charge in [-0.3, -0.25) is 0 Å². The van der Waals surface area contributed by atoms with E-state index >= 15 is 0 Å². The molecule has 0 unspecified atom stereocenters. The van der Waals surface area contributed by atoms with E-state index in [1.165, 1.54) is 0 Å². The maximum atomic E-state index is 0. The van der Waals surface area contributed by atoms with Gasteiger partial charge in [0.05, 0.1) is 0 Å². The number of hydrogen-bond donors (Lipinski definition) is 0. The largest absolute Gasteiger partial charge is 1.00 e. The minimum Gasteiger partial charge on any atom is -1.00 e. The van der Waals surface area contributed by atoms with Gasteiger partial charge in [-0.2, -0.15) is 0 Å². The van der Waals surface area contributed by atoms with E-state index in [1.807, 2.05) is 0 Å². The predicted octanol–water partition coefficient (Wildman–Crippen LogP) is -16.9. The van der Waals surface area contributed by atoms with Crippen LogP contribution in [-0.4, -0.2) is 54.8 Å². The van der Waals surface area contributed by atoms with Gasteiger partial charge in [-0.15, -0.1) is 0 Å². The summed E-state index contributed by atoms with van der Waals surface area (Å²) in [5.74, 6) is 0. The molecule has 0 heterocycles. The summed E-state index contributed by atoms with van der Waals surface area (Å²) in [5, 5.41) is 0. The van der Waals surface area contributed by atoms with Gasteiger partial charge in [0.25, 0.3) is 0 Å². The Morgan fingerprint density at radius 3 is 0.231 bits per heavy atom. The normalized spacial score (nSPS) is 0. The van der Waals surface area contributed by atoms with Crippen LogP contribution in [0, 0.1) is 0 Å². The Balaban J connectivity index is 0. The van der Waals surface area contributed by atoms with Crippen LogP contribution in [0.1, 0.15) is 4.28 Å². The second kappa shape index (κ2) is 399. The summed E-state index contributed by atoms with van der Waals surface area (Å²) in [6.07, 6.45) is 0. The van der Waals surface area contributed by atoms with Crippen LogP contribution in [0.4, 0.5) is 0 Å². The molecule has 0 saturated carbocycles. The number of hydrogen-bond acceptors (Lipinski definition) is 0. The van der Waals surface area contributed by atoms with Gasteiger partial charge in [0.15, 0.2) is 0 Å².